The Kier molecular flexibility index (Phi) is 8.31. The zero-order valence-electron chi connectivity index (χ0n) is 14.6. The van der Waals surface area contributed by atoms with Gasteiger partial charge >= 0.3 is 6.03 Å². The summed E-state index contributed by atoms with van der Waals surface area (Å²) in [5.74, 6) is 0.536. The van der Waals surface area contributed by atoms with Crippen LogP contribution in [0.5, 0.6) is 5.75 Å². The van der Waals surface area contributed by atoms with Crippen molar-refractivity contribution in [2.45, 2.75) is 24.2 Å². The average molecular weight is 408 g/mol. The van der Waals surface area contributed by atoms with Crippen LogP contribution < -0.4 is 14.8 Å². The zero-order chi connectivity index (χ0) is 19.5. The maximum atomic E-state index is 12.1. The van der Waals surface area contributed by atoms with Gasteiger partial charge in [0.1, 0.15) is 5.75 Å². The van der Waals surface area contributed by atoms with Crippen LogP contribution in [0.15, 0.2) is 63.9 Å². The maximum absolute atomic E-state index is 12.1. The highest BCUT2D eigenvalue weighted by atomic mass is 32.2. The van der Waals surface area contributed by atoms with Crippen molar-refractivity contribution in [3.05, 3.63) is 54.6 Å². The molecule has 0 unspecified atom stereocenters. The van der Waals surface area contributed by atoms with E-state index in [9.17, 15) is 13.2 Å². The van der Waals surface area contributed by atoms with E-state index in [1.165, 1.54) is 0 Å². The van der Waals surface area contributed by atoms with Crippen LogP contribution in [0.4, 0.5) is 10.5 Å². The fourth-order valence-corrected chi connectivity index (χ4v) is 3.45. The lowest BCUT2D eigenvalue weighted by Crippen LogP contribution is -2.24. The number of nitrogens with zero attached hydrogens (tertiary/aromatic N) is 1. The van der Waals surface area contributed by atoms with E-state index in [1.807, 2.05) is 0 Å². The second-order valence-electron chi connectivity index (χ2n) is 5.64. The smallest absolute Gasteiger partial charge is 0.356 e. The lowest BCUT2D eigenvalue weighted by molar-refractivity contribution is 0.259. The van der Waals surface area contributed by atoms with Crippen LogP contribution in [0.3, 0.4) is 0 Å². The summed E-state index contributed by atoms with van der Waals surface area (Å²) in [5, 5.41) is 2.54. The SMILES string of the molecule is O=C(N=S)Nc1ccccc1OCCCCCNS(=O)(=O)c1ccccc1. The Bertz CT molecular complexity index is 858. The third kappa shape index (κ3) is 7.05. The van der Waals surface area contributed by atoms with Gasteiger partial charge in [-0.15, -0.1) is 4.36 Å². The van der Waals surface area contributed by atoms with Crippen molar-refractivity contribution in [1.29, 1.82) is 0 Å². The van der Waals surface area contributed by atoms with Gasteiger partial charge in [-0.05, 0) is 43.5 Å². The Morgan fingerprint density at radius 3 is 2.44 bits per heavy atom. The Balaban J connectivity index is 1.68. The second-order valence-corrected chi connectivity index (χ2v) is 7.59. The molecule has 0 aliphatic rings. The van der Waals surface area contributed by atoms with Crippen molar-refractivity contribution in [2.75, 3.05) is 18.5 Å². The van der Waals surface area contributed by atoms with Crippen molar-refractivity contribution in [2.24, 2.45) is 4.36 Å². The number of carbonyl (C=O) groups is 1. The summed E-state index contributed by atoms with van der Waals surface area (Å²) in [7, 11) is -3.45. The van der Waals surface area contributed by atoms with Gasteiger partial charge in [-0.1, -0.05) is 30.3 Å². The fourth-order valence-electron chi connectivity index (χ4n) is 2.31. The Morgan fingerprint density at radius 2 is 1.70 bits per heavy atom. The second kappa shape index (κ2) is 10.7. The summed E-state index contributed by atoms with van der Waals surface area (Å²) in [4.78, 5) is 11.5. The van der Waals surface area contributed by atoms with E-state index in [-0.39, 0.29) is 4.90 Å². The molecule has 0 aliphatic carbocycles. The fraction of sp³-hybridized carbons (Fsp3) is 0.278. The number of carbonyl (C=O) groups excluding carboxylic acids is 1. The first-order chi connectivity index (χ1) is 13.0. The van der Waals surface area contributed by atoms with E-state index in [2.05, 4.69) is 26.8 Å². The number of rotatable bonds is 10. The molecule has 0 saturated heterocycles. The number of hydrogen-bond donors (Lipinski definition) is 2. The number of hydrogen-bond acceptors (Lipinski definition) is 5. The number of anilines is 1. The lowest BCUT2D eigenvalue weighted by atomic mass is 10.2. The number of nitrogens with one attached hydrogen (secondary N) is 2. The molecule has 0 fully saturated rings. The predicted octanol–water partition coefficient (Wildman–Crippen LogP) is 3.48. The van der Waals surface area contributed by atoms with Crippen LogP contribution in [0, 0.1) is 0 Å². The van der Waals surface area contributed by atoms with Crippen molar-refractivity contribution in [1.82, 2.24) is 4.72 Å². The zero-order valence-corrected chi connectivity index (χ0v) is 16.3. The van der Waals surface area contributed by atoms with Gasteiger partial charge in [0.25, 0.3) is 0 Å². The Labute approximate surface area is 164 Å². The molecule has 2 amide bonds. The van der Waals surface area contributed by atoms with E-state index < -0.39 is 16.1 Å². The molecule has 0 aliphatic heterocycles. The molecule has 144 valence electrons. The highest BCUT2D eigenvalue weighted by molar-refractivity contribution is 7.89. The molecule has 27 heavy (non-hydrogen) atoms. The first-order valence-electron chi connectivity index (χ1n) is 8.44. The Morgan fingerprint density at radius 1 is 1.00 bits per heavy atom. The van der Waals surface area contributed by atoms with Crippen LogP contribution in [0.2, 0.25) is 0 Å². The minimum atomic E-state index is -3.45. The van der Waals surface area contributed by atoms with E-state index in [4.69, 9.17) is 4.74 Å². The molecule has 0 saturated carbocycles. The number of amides is 2. The first kappa shape index (κ1) is 20.9. The molecule has 0 atom stereocenters. The van der Waals surface area contributed by atoms with Crippen LogP contribution in [-0.2, 0) is 22.4 Å². The molecule has 2 rings (SSSR count). The standard InChI is InChI=1S/C18H21N3O4S2/c22-18(21-26)20-16-11-5-6-12-17(16)25-14-8-2-7-13-19-27(23,24)15-9-3-1-4-10-15/h1,3-6,9-12,19H,2,7-8,13-14H2,(H,20,22). The van der Waals surface area contributed by atoms with Gasteiger partial charge in [-0.2, -0.15) is 0 Å². The lowest BCUT2D eigenvalue weighted by Gasteiger charge is -2.11. The van der Waals surface area contributed by atoms with Crippen LogP contribution in [0.1, 0.15) is 19.3 Å². The van der Waals surface area contributed by atoms with Crippen LogP contribution in [-0.4, -0.2) is 27.6 Å². The van der Waals surface area contributed by atoms with Crippen molar-refractivity contribution in [3.8, 4) is 5.75 Å². The minimum absolute atomic E-state index is 0.262. The molecule has 2 aromatic rings. The van der Waals surface area contributed by atoms with Crippen molar-refractivity contribution >= 4 is 34.2 Å². The Hall–Kier alpha value is -2.36. The summed E-state index contributed by atoms with van der Waals surface area (Å²) in [6.45, 7) is 0.813. The maximum Gasteiger partial charge on any atom is 0.356 e. The number of para-hydroxylation sites is 2. The van der Waals surface area contributed by atoms with Crippen molar-refractivity contribution in [3.63, 3.8) is 0 Å². The summed E-state index contributed by atoms with van der Waals surface area (Å²) in [6, 6.07) is 14.7. The topological polar surface area (TPSA) is 96.9 Å². The summed E-state index contributed by atoms with van der Waals surface area (Å²) in [5.41, 5.74) is 0.506. The predicted molar refractivity (Wildman–Crippen MR) is 106 cm³/mol. The molecule has 2 N–H and O–H groups in total. The molecular formula is C18H21N3O4S2. The number of ether oxygens (including phenoxy) is 1. The van der Waals surface area contributed by atoms with Crippen LogP contribution in [0.25, 0.3) is 0 Å². The van der Waals surface area contributed by atoms with E-state index >= 15 is 0 Å². The average Bonchev–Trinajstić information content (AvgIpc) is 2.69. The number of urea groups is 1. The highest BCUT2D eigenvalue weighted by Crippen LogP contribution is 2.24. The molecule has 2 aromatic carbocycles. The van der Waals surface area contributed by atoms with E-state index in [0.717, 1.165) is 12.8 Å². The minimum Gasteiger partial charge on any atom is -0.491 e. The van der Waals surface area contributed by atoms with Gasteiger partial charge in [-0.25, -0.2) is 17.9 Å². The van der Waals surface area contributed by atoms with Gasteiger partial charge in [-0.3, -0.25) is 0 Å². The molecular weight excluding hydrogens is 386 g/mol. The number of sulfonamides is 1. The molecule has 0 spiro atoms. The van der Waals surface area contributed by atoms with E-state index in [1.54, 1.807) is 54.6 Å². The summed E-state index contributed by atoms with van der Waals surface area (Å²) >= 11 is 4.34. The molecule has 9 heteroatoms. The largest absolute Gasteiger partial charge is 0.491 e. The van der Waals surface area contributed by atoms with Crippen LogP contribution >= 0.6 is 0 Å². The summed E-state index contributed by atoms with van der Waals surface area (Å²) in [6.07, 6.45) is 2.25. The monoisotopic (exact) mass is 407 g/mol. The van der Waals surface area contributed by atoms with E-state index in [0.29, 0.717) is 31.0 Å². The van der Waals surface area contributed by atoms with Gasteiger partial charge in [0.05, 0.1) is 17.2 Å². The normalized spacial score (nSPS) is 11.0. The third-order valence-electron chi connectivity index (χ3n) is 3.64. The first-order valence-corrected chi connectivity index (χ1v) is 10.3. The molecule has 0 heterocycles. The van der Waals surface area contributed by atoms with Gasteiger partial charge in [0, 0.05) is 19.0 Å². The van der Waals surface area contributed by atoms with Gasteiger partial charge < -0.3 is 10.1 Å². The van der Waals surface area contributed by atoms with Gasteiger partial charge in [0.2, 0.25) is 10.0 Å². The summed E-state index contributed by atoms with van der Waals surface area (Å²) < 4.78 is 35.5. The number of benzene rings is 2. The molecule has 0 aromatic heterocycles. The highest BCUT2D eigenvalue weighted by Gasteiger charge is 2.11. The molecule has 0 radical (unpaired) electrons. The number of unbranched alkanes of at least 4 members (excludes halogenated alkanes) is 2. The quantitative estimate of drug-likeness (QED) is 0.588. The van der Waals surface area contributed by atoms with Crippen molar-refractivity contribution < 1.29 is 17.9 Å². The molecule has 7 nitrogen and oxygen atoms in total. The third-order valence-corrected chi connectivity index (χ3v) is 5.28. The molecule has 0 bridgehead atoms. The van der Waals surface area contributed by atoms with Gasteiger partial charge in [0.15, 0.2) is 0 Å².